The van der Waals surface area contributed by atoms with Crippen LogP contribution >= 0.6 is 11.6 Å². The topological polar surface area (TPSA) is 140 Å². The molecule has 0 aliphatic carbocycles. The quantitative estimate of drug-likeness (QED) is 0.407. The van der Waals surface area contributed by atoms with Crippen LogP contribution in [0.3, 0.4) is 0 Å². The third-order valence-electron chi connectivity index (χ3n) is 4.57. The number of hydrogen-bond acceptors (Lipinski definition) is 7. The van der Waals surface area contributed by atoms with Crippen molar-refractivity contribution in [2.45, 2.75) is 19.9 Å². The van der Waals surface area contributed by atoms with Gasteiger partial charge in [0.15, 0.2) is 11.5 Å². The summed E-state index contributed by atoms with van der Waals surface area (Å²) in [6.45, 7) is 3.62. The molecule has 0 saturated heterocycles. The van der Waals surface area contributed by atoms with E-state index in [2.05, 4.69) is 35.3 Å². The number of imidazole rings is 1. The van der Waals surface area contributed by atoms with Crippen molar-refractivity contribution in [1.29, 1.82) is 0 Å². The maximum Gasteiger partial charge on any atom is 0.274 e. The van der Waals surface area contributed by atoms with Crippen molar-refractivity contribution in [3.05, 3.63) is 59.2 Å². The number of nitrogens with two attached hydrogens (primary N) is 1. The minimum absolute atomic E-state index is 0.00123. The number of anilines is 1. The molecule has 0 saturated carbocycles. The summed E-state index contributed by atoms with van der Waals surface area (Å²) in [5, 5.41) is 7.54. The molecular formula is C20H20ClN9O. The van der Waals surface area contributed by atoms with Gasteiger partial charge in [-0.1, -0.05) is 11.6 Å². The van der Waals surface area contributed by atoms with Gasteiger partial charge in [0.25, 0.3) is 5.91 Å². The molecule has 10 nitrogen and oxygen atoms in total. The Labute approximate surface area is 182 Å². The predicted molar refractivity (Wildman–Crippen MR) is 116 cm³/mol. The first kappa shape index (κ1) is 20.5. The zero-order chi connectivity index (χ0) is 22.1. The molecular weight excluding hydrogens is 418 g/mol. The fourth-order valence-corrected chi connectivity index (χ4v) is 3.40. The Kier molecular flexibility index (Phi) is 5.38. The Morgan fingerprint density at radius 2 is 2.06 bits per heavy atom. The Morgan fingerprint density at radius 3 is 2.71 bits per heavy atom. The van der Waals surface area contributed by atoms with Gasteiger partial charge in [-0.3, -0.25) is 9.48 Å². The molecule has 4 aromatic heterocycles. The highest BCUT2D eigenvalue weighted by molar-refractivity contribution is 6.29. The van der Waals surface area contributed by atoms with Crippen molar-refractivity contribution in [1.82, 2.24) is 40.0 Å². The summed E-state index contributed by atoms with van der Waals surface area (Å²) in [7, 11) is 1.80. The Hall–Kier alpha value is -3.79. The first-order chi connectivity index (χ1) is 14.8. The summed E-state index contributed by atoms with van der Waals surface area (Å²) in [5.74, 6) is 0.131. The molecule has 0 aliphatic heterocycles. The van der Waals surface area contributed by atoms with Gasteiger partial charge in [-0.2, -0.15) is 5.10 Å². The zero-order valence-corrected chi connectivity index (χ0v) is 17.8. The van der Waals surface area contributed by atoms with Crippen LogP contribution in [-0.4, -0.2) is 40.6 Å². The van der Waals surface area contributed by atoms with Crippen molar-refractivity contribution in [3.63, 3.8) is 0 Å². The number of rotatable bonds is 5. The molecule has 0 fully saturated rings. The summed E-state index contributed by atoms with van der Waals surface area (Å²) in [6, 6.07) is 4.89. The number of pyridine rings is 1. The van der Waals surface area contributed by atoms with Crippen LogP contribution < -0.4 is 11.1 Å². The number of aromatic nitrogens is 7. The second kappa shape index (κ2) is 8.15. The van der Waals surface area contributed by atoms with E-state index >= 15 is 0 Å². The van der Waals surface area contributed by atoms with E-state index in [1.807, 2.05) is 13.0 Å². The van der Waals surface area contributed by atoms with E-state index in [0.29, 0.717) is 39.3 Å². The number of carbonyl (C=O) groups is 1. The number of amides is 1. The number of aromatic amines is 1. The molecule has 4 rings (SSSR count). The van der Waals surface area contributed by atoms with E-state index in [1.165, 1.54) is 0 Å². The molecule has 4 heterocycles. The molecule has 11 heteroatoms. The summed E-state index contributed by atoms with van der Waals surface area (Å²) in [4.78, 5) is 33.3. The standard InChI is InChI=1S/C20H20ClN9O/c1-10-8-12(9-14(21)25-10)15-16(13-4-7-30(3)29-13)28-18(22)17(27-15)20(31)26-11(2)19-23-5-6-24-19/h4-9,11H,1-3H3,(H2,22,28)(H,23,24)(H,26,31). The second-order valence-electron chi connectivity index (χ2n) is 7.02. The number of carbonyl (C=O) groups excluding carboxylic acids is 1. The van der Waals surface area contributed by atoms with Crippen molar-refractivity contribution in [2.75, 3.05) is 5.73 Å². The zero-order valence-electron chi connectivity index (χ0n) is 17.1. The average molecular weight is 438 g/mol. The first-order valence-corrected chi connectivity index (χ1v) is 9.82. The number of nitrogen functional groups attached to an aromatic ring is 1. The molecule has 1 amide bonds. The summed E-state index contributed by atoms with van der Waals surface area (Å²) >= 11 is 6.17. The van der Waals surface area contributed by atoms with Crippen molar-refractivity contribution in [2.24, 2.45) is 7.05 Å². The molecule has 1 atom stereocenters. The highest BCUT2D eigenvalue weighted by atomic mass is 35.5. The van der Waals surface area contributed by atoms with E-state index < -0.39 is 5.91 Å². The monoisotopic (exact) mass is 437 g/mol. The molecule has 1 unspecified atom stereocenters. The van der Waals surface area contributed by atoms with E-state index in [-0.39, 0.29) is 17.6 Å². The van der Waals surface area contributed by atoms with Crippen LogP contribution in [0.5, 0.6) is 0 Å². The second-order valence-corrected chi connectivity index (χ2v) is 7.41. The van der Waals surface area contributed by atoms with E-state index in [9.17, 15) is 4.79 Å². The van der Waals surface area contributed by atoms with E-state index in [0.717, 1.165) is 0 Å². The number of H-pyrrole nitrogens is 1. The number of halogens is 1. The molecule has 31 heavy (non-hydrogen) atoms. The molecule has 0 aromatic carbocycles. The third-order valence-corrected chi connectivity index (χ3v) is 4.76. The predicted octanol–water partition coefficient (Wildman–Crippen LogP) is 2.70. The SMILES string of the molecule is Cc1cc(-c2nc(C(=O)NC(C)c3ncc[nH]3)c(N)nc2-c2ccn(C)n2)cc(Cl)n1. The van der Waals surface area contributed by atoms with Crippen LogP contribution in [0.4, 0.5) is 5.82 Å². The molecule has 0 bridgehead atoms. The van der Waals surface area contributed by atoms with Crippen LogP contribution in [0.15, 0.2) is 36.8 Å². The number of aryl methyl sites for hydroxylation is 2. The van der Waals surface area contributed by atoms with Crippen molar-refractivity contribution in [3.8, 4) is 22.6 Å². The lowest BCUT2D eigenvalue weighted by Gasteiger charge is -2.14. The molecule has 0 aliphatic rings. The largest absolute Gasteiger partial charge is 0.382 e. The maximum absolute atomic E-state index is 12.9. The lowest BCUT2D eigenvalue weighted by atomic mass is 10.1. The average Bonchev–Trinajstić information content (AvgIpc) is 3.38. The lowest BCUT2D eigenvalue weighted by Crippen LogP contribution is -2.29. The fraction of sp³-hybridized carbons (Fsp3) is 0.200. The van der Waals surface area contributed by atoms with Crippen molar-refractivity contribution >= 4 is 23.3 Å². The third kappa shape index (κ3) is 4.24. The molecule has 4 aromatic rings. The van der Waals surface area contributed by atoms with Gasteiger partial charge in [-0.15, -0.1) is 0 Å². The molecule has 158 valence electrons. The Bertz CT molecular complexity index is 1230. The van der Waals surface area contributed by atoms with Crippen LogP contribution in [-0.2, 0) is 7.05 Å². The summed E-state index contributed by atoms with van der Waals surface area (Å²) < 4.78 is 1.65. The Balaban J connectivity index is 1.81. The normalized spacial score (nSPS) is 12.0. The number of nitrogens with zero attached hydrogens (tertiary/aromatic N) is 6. The van der Waals surface area contributed by atoms with Crippen LogP contribution in [0.2, 0.25) is 5.15 Å². The minimum atomic E-state index is -0.473. The number of nitrogens with one attached hydrogen (secondary N) is 2. The fourth-order valence-electron chi connectivity index (χ4n) is 3.15. The van der Waals surface area contributed by atoms with E-state index in [4.69, 9.17) is 17.3 Å². The molecule has 0 radical (unpaired) electrons. The van der Waals surface area contributed by atoms with Gasteiger partial charge < -0.3 is 16.0 Å². The van der Waals surface area contributed by atoms with Crippen LogP contribution in [0, 0.1) is 6.92 Å². The van der Waals surface area contributed by atoms with Crippen LogP contribution in [0.25, 0.3) is 22.6 Å². The van der Waals surface area contributed by atoms with Gasteiger partial charge in [-0.25, -0.2) is 19.9 Å². The maximum atomic E-state index is 12.9. The van der Waals surface area contributed by atoms with E-state index in [1.54, 1.807) is 49.4 Å². The molecule has 0 spiro atoms. The highest BCUT2D eigenvalue weighted by Gasteiger charge is 2.23. The summed E-state index contributed by atoms with van der Waals surface area (Å²) in [6.07, 6.45) is 5.08. The van der Waals surface area contributed by atoms with Gasteiger partial charge in [-0.05, 0) is 32.0 Å². The smallest absolute Gasteiger partial charge is 0.274 e. The summed E-state index contributed by atoms with van der Waals surface area (Å²) in [5.41, 5.74) is 8.92. The first-order valence-electron chi connectivity index (χ1n) is 9.44. The highest BCUT2D eigenvalue weighted by Crippen LogP contribution is 2.31. The Morgan fingerprint density at radius 1 is 1.26 bits per heavy atom. The van der Waals surface area contributed by atoms with Gasteiger partial charge in [0.1, 0.15) is 22.4 Å². The van der Waals surface area contributed by atoms with Gasteiger partial charge in [0, 0.05) is 36.9 Å². The lowest BCUT2D eigenvalue weighted by molar-refractivity contribution is 0.0934. The number of hydrogen-bond donors (Lipinski definition) is 3. The van der Waals surface area contributed by atoms with Crippen molar-refractivity contribution < 1.29 is 4.79 Å². The van der Waals surface area contributed by atoms with Crippen LogP contribution in [0.1, 0.15) is 35.0 Å². The minimum Gasteiger partial charge on any atom is -0.382 e. The van der Waals surface area contributed by atoms with Gasteiger partial charge in [0.05, 0.1) is 11.7 Å². The van der Waals surface area contributed by atoms with Gasteiger partial charge >= 0.3 is 0 Å². The van der Waals surface area contributed by atoms with Gasteiger partial charge in [0.2, 0.25) is 0 Å². The molecule has 4 N–H and O–H groups in total.